The Balaban J connectivity index is 1.23. The Bertz CT molecular complexity index is 1130. The van der Waals surface area contributed by atoms with Crippen LogP contribution in [0.1, 0.15) is 70.9 Å². The Labute approximate surface area is 222 Å². The molecule has 2 bridgehead atoms. The molecule has 1 aromatic carbocycles. The highest BCUT2D eigenvalue weighted by Gasteiger charge is 2.69. The third-order valence-corrected chi connectivity index (χ3v) is 8.99. The minimum Gasteiger partial charge on any atom is -0.435 e. The van der Waals surface area contributed by atoms with Gasteiger partial charge in [0.1, 0.15) is 11.9 Å². The molecule has 38 heavy (non-hydrogen) atoms. The minimum absolute atomic E-state index is 0.00724. The van der Waals surface area contributed by atoms with Gasteiger partial charge in [0.25, 0.3) is 0 Å². The SMILES string of the molecule is C[C@@H]1CCC2[C@@H](C)[C@H](OC(=O)CCC(=O)N(C)C(C#N)c3ccccc3F)O[C@@H]3O[C@]4(C)CCC1[C@@]23OO4. The second kappa shape index (κ2) is 10.2. The normalized spacial score (nSPS) is 38.3. The van der Waals surface area contributed by atoms with E-state index in [9.17, 15) is 19.2 Å². The van der Waals surface area contributed by atoms with Crippen LogP contribution < -0.4 is 0 Å². The maximum Gasteiger partial charge on any atom is 0.308 e. The molecule has 3 unspecified atom stereocenters. The second-order valence-electron chi connectivity index (χ2n) is 11.3. The van der Waals surface area contributed by atoms with Gasteiger partial charge in [0.05, 0.1) is 12.5 Å². The molecule has 9 nitrogen and oxygen atoms in total. The van der Waals surface area contributed by atoms with E-state index in [2.05, 4.69) is 6.92 Å². The first kappa shape index (κ1) is 27.0. The van der Waals surface area contributed by atoms with Crippen molar-refractivity contribution in [1.82, 2.24) is 4.90 Å². The molecular formula is C28H35FN2O7. The fourth-order valence-electron chi connectivity index (χ4n) is 6.79. The third kappa shape index (κ3) is 4.49. The number of carbonyl (C=O) groups excluding carboxylic acids is 2. The molecular weight excluding hydrogens is 495 g/mol. The predicted octanol–water partition coefficient (Wildman–Crippen LogP) is 4.38. The zero-order valence-corrected chi connectivity index (χ0v) is 22.2. The summed E-state index contributed by atoms with van der Waals surface area (Å²) in [6.45, 7) is 6.04. The summed E-state index contributed by atoms with van der Waals surface area (Å²) in [5.41, 5.74) is -0.655. The van der Waals surface area contributed by atoms with Crippen LogP contribution in [0.2, 0.25) is 0 Å². The van der Waals surface area contributed by atoms with Crippen LogP contribution in [0.3, 0.4) is 0 Å². The van der Waals surface area contributed by atoms with Crippen molar-refractivity contribution in [3.63, 3.8) is 0 Å². The quantitative estimate of drug-likeness (QED) is 0.394. The first-order valence-electron chi connectivity index (χ1n) is 13.4. The van der Waals surface area contributed by atoms with Gasteiger partial charge in [-0.15, -0.1) is 0 Å². The van der Waals surface area contributed by atoms with Gasteiger partial charge in [0.15, 0.2) is 11.9 Å². The lowest BCUT2D eigenvalue weighted by Crippen LogP contribution is -2.70. The molecule has 206 valence electrons. The molecule has 6 rings (SSSR count). The maximum atomic E-state index is 14.2. The van der Waals surface area contributed by atoms with Gasteiger partial charge in [-0.05, 0) is 44.1 Å². The molecule has 4 heterocycles. The summed E-state index contributed by atoms with van der Waals surface area (Å²) >= 11 is 0. The summed E-state index contributed by atoms with van der Waals surface area (Å²) in [5.74, 6) is -2.13. The van der Waals surface area contributed by atoms with Gasteiger partial charge in [-0.2, -0.15) is 5.26 Å². The number of hydrogen-bond acceptors (Lipinski definition) is 8. The number of hydrogen-bond donors (Lipinski definition) is 0. The zero-order valence-electron chi connectivity index (χ0n) is 22.2. The Kier molecular flexibility index (Phi) is 7.24. The van der Waals surface area contributed by atoms with Crippen molar-refractivity contribution in [2.45, 2.75) is 89.3 Å². The van der Waals surface area contributed by atoms with Crippen LogP contribution in [0.25, 0.3) is 0 Å². The van der Waals surface area contributed by atoms with Gasteiger partial charge >= 0.3 is 5.97 Å². The van der Waals surface area contributed by atoms with Crippen LogP contribution in [0.4, 0.5) is 4.39 Å². The fourth-order valence-corrected chi connectivity index (χ4v) is 6.79. The average Bonchev–Trinajstić information content (AvgIpc) is 3.13. The molecule has 1 saturated carbocycles. The standard InChI is InChI=1S/C28H35FN2O7/c1-16-9-10-20-17(2)25(35-26-28(20)19(16)13-14-27(3,36-26)37-38-28)34-24(33)12-11-23(32)31(4)22(15-30)18-7-5-6-8-21(18)29/h5-8,16-17,19-20,22,25-26H,9-14H2,1-4H3/t16-,17-,19?,20?,22?,25-,26-,27+,28-/m1/s1. The molecule has 9 atom stereocenters. The monoisotopic (exact) mass is 530 g/mol. The van der Waals surface area contributed by atoms with E-state index >= 15 is 0 Å². The fraction of sp³-hybridized carbons (Fsp3) is 0.679. The summed E-state index contributed by atoms with van der Waals surface area (Å²) in [4.78, 5) is 38.6. The van der Waals surface area contributed by atoms with E-state index in [0.717, 1.165) is 24.2 Å². The Morgan fingerprint density at radius 3 is 2.68 bits per heavy atom. The van der Waals surface area contributed by atoms with Crippen molar-refractivity contribution in [2.24, 2.45) is 23.7 Å². The van der Waals surface area contributed by atoms with E-state index in [4.69, 9.17) is 24.0 Å². The summed E-state index contributed by atoms with van der Waals surface area (Å²) < 4.78 is 32.5. The van der Waals surface area contributed by atoms with E-state index < -0.39 is 47.7 Å². The van der Waals surface area contributed by atoms with Gasteiger partial charge < -0.3 is 19.1 Å². The predicted molar refractivity (Wildman–Crippen MR) is 130 cm³/mol. The van der Waals surface area contributed by atoms with Gasteiger partial charge in [-0.1, -0.05) is 32.0 Å². The summed E-state index contributed by atoms with van der Waals surface area (Å²) in [6, 6.07) is 6.67. The molecule has 4 aliphatic heterocycles. The number of halogens is 1. The van der Waals surface area contributed by atoms with Gasteiger partial charge in [-0.25, -0.2) is 14.2 Å². The highest BCUT2D eigenvalue weighted by Crippen LogP contribution is 2.60. The number of esters is 1. The Morgan fingerprint density at radius 2 is 1.95 bits per heavy atom. The van der Waals surface area contributed by atoms with Crippen LogP contribution >= 0.6 is 0 Å². The number of carbonyl (C=O) groups is 2. The largest absolute Gasteiger partial charge is 0.435 e. The number of nitrogens with zero attached hydrogens (tertiary/aromatic N) is 2. The maximum absolute atomic E-state index is 14.2. The summed E-state index contributed by atoms with van der Waals surface area (Å²) in [6.07, 6.45) is 1.48. The first-order chi connectivity index (χ1) is 18.1. The van der Waals surface area contributed by atoms with Gasteiger partial charge in [-0.3, -0.25) is 9.59 Å². The minimum atomic E-state index is -1.11. The number of rotatable bonds is 6. The number of ether oxygens (including phenoxy) is 3. The molecule has 10 heteroatoms. The van der Waals surface area contributed by atoms with Crippen molar-refractivity contribution in [3.8, 4) is 6.07 Å². The topological polar surface area (TPSA) is 107 Å². The van der Waals surface area contributed by atoms with Crippen molar-refractivity contribution in [1.29, 1.82) is 5.26 Å². The molecule has 0 N–H and O–H groups in total. The van der Waals surface area contributed by atoms with Gasteiger partial charge in [0, 0.05) is 37.3 Å². The highest BCUT2D eigenvalue weighted by molar-refractivity contribution is 5.81. The molecule has 1 amide bonds. The average molecular weight is 531 g/mol. The van der Waals surface area contributed by atoms with Crippen molar-refractivity contribution >= 4 is 11.9 Å². The van der Waals surface area contributed by atoms with Crippen molar-refractivity contribution in [2.75, 3.05) is 7.05 Å². The molecule has 0 radical (unpaired) electrons. The third-order valence-electron chi connectivity index (χ3n) is 8.99. The van der Waals surface area contributed by atoms with E-state index in [1.165, 1.54) is 25.2 Å². The van der Waals surface area contributed by atoms with Crippen molar-refractivity contribution < 1.29 is 38.0 Å². The molecule has 5 fully saturated rings. The van der Waals surface area contributed by atoms with E-state index in [-0.39, 0.29) is 36.2 Å². The summed E-state index contributed by atoms with van der Waals surface area (Å²) in [7, 11) is 1.42. The number of benzene rings is 1. The number of fused-ring (bicyclic) bond motifs is 2. The first-order valence-corrected chi connectivity index (χ1v) is 13.4. The number of nitriles is 1. The van der Waals surface area contributed by atoms with Gasteiger partial charge in [0.2, 0.25) is 18.0 Å². The Hall–Kier alpha value is -2.58. The van der Waals surface area contributed by atoms with Crippen LogP contribution in [0.15, 0.2) is 24.3 Å². The van der Waals surface area contributed by atoms with E-state index in [1.807, 2.05) is 19.9 Å². The van der Waals surface area contributed by atoms with E-state index in [1.54, 1.807) is 6.07 Å². The molecule has 5 aliphatic rings. The molecule has 4 saturated heterocycles. The molecule has 0 aromatic heterocycles. The van der Waals surface area contributed by atoms with E-state index in [0.29, 0.717) is 12.3 Å². The summed E-state index contributed by atoms with van der Waals surface area (Å²) in [5, 5.41) is 9.56. The lowest BCUT2D eigenvalue weighted by Gasteiger charge is -2.59. The Morgan fingerprint density at radius 1 is 1.18 bits per heavy atom. The van der Waals surface area contributed by atoms with Crippen LogP contribution in [0, 0.1) is 40.8 Å². The second-order valence-corrected chi connectivity index (χ2v) is 11.3. The highest BCUT2D eigenvalue weighted by atomic mass is 19.1. The molecule has 1 aromatic rings. The molecule has 1 spiro atoms. The van der Waals surface area contributed by atoms with Crippen LogP contribution in [0.5, 0.6) is 0 Å². The smallest absolute Gasteiger partial charge is 0.308 e. The molecule has 1 aliphatic carbocycles. The van der Waals surface area contributed by atoms with Crippen molar-refractivity contribution in [3.05, 3.63) is 35.6 Å². The number of amides is 1. The lowest BCUT2D eigenvalue weighted by molar-refractivity contribution is -0.576. The van der Waals surface area contributed by atoms with Crippen LogP contribution in [-0.4, -0.2) is 47.8 Å². The zero-order chi connectivity index (χ0) is 27.2. The lowest BCUT2D eigenvalue weighted by atomic mass is 9.58. The van der Waals surface area contributed by atoms with Crippen LogP contribution in [-0.2, 0) is 33.6 Å².